The van der Waals surface area contributed by atoms with Crippen LogP contribution in [-0.2, 0) is 14.3 Å². The minimum absolute atomic E-state index is 0.0235. The first-order chi connectivity index (χ1) is 18.4. The highest BCUT2D eigenvalue weighted by Gasteiger charge is 2.39. The predicted octanol–water partition coefficient (Wildman–Crippen LogP) is 4.92. The molecule has 3 aliphatic rings. The fraction of sp³-hybridized carbons (Fsp3) is 0.500. The second-order valence-electron chi connectivity index (χ2n) is 10.8. The van der Waals surface area contributed by atoms with Crippen LogP contribution < -0.4 is 15.4 Å². The zero-order valence-corrected chi connectivity index (χ0v) is 22.2. The van der Waals surface area contributed by atoms with E-state index in [0.29, 0.717) is 29.8 Å². The number of hydrogen-bond acceptors (Lipinski definition) is 5. The number of fused-ring (bicyclic) bond motifs is 2. The van der Waals surface area contributed by atoms with Crippen LogP contribution >= 0.6 is 0 Å². The van der Waals surface area contributed by atoms with Crippen molar-refractivity contribution >= 4 is 29.1 Å². The van der Waals surface area contributed by atoms with Gasteiger partial charge in [-0.1, -0.05) is 37.0 Å². The van der Waals surface area contributed by atoms with Crippen LogP contribution in [-0.4, -0.2) is 54.5 Å². The molecule has 0 bridgehead atoms. The van der Waals surface area contributed by atoms with E-state index in [-0.39, 0.29) is 54.9 Å². The molecule has 2 aliphatic heterocycles. The second-order valence-corrected chi connectivity index (χ2v) is 10.8. The highest BCUT2D eigenvalue weighted by atomic mass is 16.5. The third-order valence-corrected chi connectivity index (χ3v) is 8.00. The third-order valence-electron chi connectivity index (χ3n) is 8.00. The van der Waals surface area contributed by atoms with Crippen molar-refractivity contribution in [2.24, 2.45) is 5.92 Å². The van der Waals surface area contributed by atoms with E-state index in [1.807, 2.05) is 31.2 Å². The molecular formula is C30H37N3O5. The Balaban J connectivity index is 1.22. The number of rotatable bonds is 5. The van der Waals surface area contributed by atoms with E-state index in [2.05, 4.69) is 10.6 Å². The molecule has 0 spiro atoms. The molecule has 0 aromatic heterocycles. The molecule has 0 unspecified atom stereocenters. The summed E-state index contributed by atoms with van der Waals surface area (Å²) in [5.41, 5.74) is 2.95. The molecule has 8 heteroatoms. The van der Waals surface area contributed by atoms with E-state index in [1.54, 1.807) is 30.1 Å². The van der Waals surface area contributed by atoms with Gasteiger partial charge < -0.3 is 25.0 Å². The Morgan fingerprint density at radius 2 is 1.68 bits per heavy atom. The van der Waals surface area contributed by atoms with E-state index in [9.17, 15) is 14.4 Å². The van der Waals surface area contributed by atoms with Gasteiger partial charge in [0.15, 0.2) is 0 Å². The molecule has 8 nitrogen and oxygen atoms in total. The Kier molecular flexibility index (Phi) is 7.98. The van der Waals surface area contributed by atoms with Gasteiger partial charge in [-0.2, -0.15) is 0 Å². The van der Waals surface area contributed by atoms with Crippen molar-refractivity contribution in [1.29, 1.82) is 0 Å². The lowest BCUT2D eigenvalue weighted by molar-refractivity contribution is -0.130. The van der Waals surface area contributed by atoms with Crippen LogP contribution in [0, 0.1) is 12.8 Å². The average molecular weight is 520 g/mol. The normalized spacial score (nSPS) is 23.8. The summed E-state index contributed by atoms with van der Waals surface area (Å²) in [6.07, 6.45) is 6.24. The first-order valence-electron chi connectivity index (χ1n) is 13.7. The minimum Gasteiger partial charge on any atom is -0.490 e. The summed E-state index contributed by atoms with van der Waals surface area (Å²) in [7, 11) is 1.79. The first kappa shape index (κ1) is 26.2. The standard InChI is InChI=1S/C30H37N3O5/c1-19-8-10-21(11-9-19)31-28(34)17-23-13-14-25-27(38-23)18-37-26-15-12-22(16-24(26)30(36)33(25)2)32-29(35)20-6-4-3-5-7-20/h8-12,15-16,20,23,25,27H,3-7,13-14,17-18H2,1-2H3,(H,31,34)(H,32,35)/t23-,25+,27-/m1/s1. The van der Waals surface area contributed by atoms with Crippen molar-refractivity contribution in [2.75, 3.05) is 24.3 Å². The molecule has 202 valence electrons. The highest BCUT2D eigenvalue weighted by Crippen LogP contribution is 2.33. The number of likely N-dealkylation sites (N-methyl/N-ethyl adjacent to an activating group) is 1. The Morgan fingerprint density at radius 3 is 2.45 bits per heavy atom. The molecular weight excluding hydrogens is 482 g/mol. The fourth-order valence-corrected chi connectivity index (χ4v) is 5.77. The van der Waals surface area contributed by atoms with Crippen molar-refractivity contribution in [3.63, 3.8) is 0 Å². The summed E-state index contributed by atoms with van der Waals surface area (Å²) in [4.78, 5) is 40.6. The minimum atomic E-state index is -0.339. The van der Waals surface area contributed by atoms with Gasteiger partial charge in [0, 0.05) is 24.3 Å². The van der Waals surface area contributed by atoms with Gasteiger partial charge in [0.1, 0.15) is 18.5 Å². The smallest absolute Gasteiger partial charge is 0.257 e. The summed E-state index contributed by atoms with van der Waals surface area (Å²) in [5, 5.41) is 5.94. The molecule has 1 saturated heterocycles. The second kappa shape index (κ2) is 11.6. The summed E-state index contributed by atoms with van der Waals surface area (Å²) in [5.74, 6) is 0.269. The van der Waals surface area contributed by atoms with E-state index >= 15 is 0 Å². The number of ether oxygens (including phenoxy) is 2. The maximum Gasteiger partial charge on any atom is 0.257 e. The van der Waals surface area contributed by atoms with Gasteiger partial charge in [0.2, 0.25) is 11.8 Å². The van der Waals surface area contributed by atoms with Crippen molar-refractivity contribution in [2.45, 2.75) is 76.5 Å². The van der Waals surface area contributed by atoms with Crippen LogP contribution in [0.2, 0.25) is 0 Å². The number of anilines is 2. The predicted molar refractivity (Wildman–Crippen MR) is 145 cm³/mol. The number of aryl methyl sites for hydroxylation is 1. The molecule has 2 N–H and O–H groups in total. The molecule has 5 rings (SSSR count). The van der Waals surface area contributed by atoms with Crippen LogP contribution in [0.25, 0.3) is 0 Å². The van der Waals surface area contributed by atoms with Gasteiger partial charge in [-0.3, -0.25) is 14.4 Å². The van der Waals surface area contributed by atoms with E-state index in [0.717, 1.165) is 36.9 Å². The maximum absolute atomic E-state index is 13.5. The number of hydrogen-bond donors (Lipinski definition) is 2. The van der Waals surface area contributed by atoms with Crippen LogP contribution in [0.5, 0.6) is 5.75 Å². The molecule has 2 heterocycles. The monoisotopic (exact) mass is 519 g/mol. The van der Waals surface area contributed by atoms with Crippen molar-refractivity contribution in [1.82, 2.24) is 4.90 Å². The van der Waals surface area contributed by atoms with Crippen molar-refractivity contribution in [3.8, 4) is 5.75 Å². The Labute approximate surface area is 224 Å². The van der Waals surface area contributed by atoms with Gasteiger partial charge in [0.05, 0.1) is 24.1 Å². The number of carbonyl (C=O) groups excluding carboxylic acids is 3. The van der Waals surface area contributed by atoms with Crippen LogP contribution in [0.1, 0.15) is 67.3 Å². The molecule has 3 amide bonds. The van der Waals surface area contributed by atoms with Crippen molar-refractivity contribution in [3.05, 3.63) is 53.6 Å². The van der Waals surface area contributed by atoms with E-state index in [4.69, 9.17) is 9.47 Å². The third kappa shape index (κ3) is 6.01. The summed E-state index contributed by atoms with van der Waals surface area (Å²) < 4.78 is 12.4. The zero-order chi connectivity index (χ0) is 26.6. The van der Waals surface area contributed by atoms with Gasteiger partial charge in [-0.15, -0.1) is 0 Å². The number of amides is 3. The lowest BCUT2D eigenvalue weighted by Gasteiger charge is -2.42. The number of nitrogens with one attached hydrogen (secondary N) is 2. The topological polar surface area (TPSA) is 97.0 Å². The quantitative estimate of drug-likeness (QED) is 0.584. The largest absolute Gasteiger partial charge is 0.490 e. The van der Waals surface area contributed by atoms with Crippen molar-refractivity contribution < 1.29 is 23.9 Å². The molecule has 2 aromatic rings. The highest BCUT2D eigenvalue weighted by molar-refractivity contribution is 6.00. The average Bonchev–Trinajstić information content (AvgIpc) is 2.92. The molecule has 1 aliphatic carbocycles. The van der Waals surface area contributed by atoms with Gasteiger partial charge in [-0.25, -0.2) is 0 Å². The number of nitrogens with zero attached hydrogens (tertiary/aromatic N) is 1. The van der Waals surface area contributed by atoms with E-state index < -0.39 is 0 Å². The first-order valence-corrected chi connectivity index (χ1v) is 13.7. The summed E-state index contributed by atoms with van der Waals surface area (Å²) in [6, 6.07) is 12.8. The lowest BCUT2D eigenvalue weighted by Crippen LogP contribution is -2.53. The lowest BCUT2D eigenvalue weighted by atomic mass is 9.88. The molecule has 1 saturated carbocycles. The van der Waals surface area contributed by atoms with Crippen LogP contribution in [0.3, 0.4) is 0 Å². The molecule has 0 radical (unpaired) electrons. The number of carbonyl (C=O) groups is 3. The Hall–Kier alpha value is -3.39. The zero-order valence-electron chi connectivity index (χ0n) is 22.2. The molecule has 38 heavy (non-hydrogen) atoms. The van der Waals surface area contributed by atoms with Gasteiger partial charge in [-0.05, 0) is 62.9 Å². The maximum atomic E-state index is 13.5. The van der Waals surface area contributed by atoms with Crippen LogP contribution in [0.4, 0.5) is 11.4 Å². The van der Waals surface area contributed by atoms with Gasteiger partial charge in [0.25, 0.3) is 5.91 Å². The van der Waals surface area contributed by atoms with Crippen LogP contribution in [0.15, 0.2) is 42.5 Å². The summed E-state index contributed by atoms with van der Waals surface area (Å²) in [6.45, 7) is 2.28. The number of benzene rings is 2. The molecule has 3 atom stereocenters. The van der Waals surface area contributed by atoms with E-state index in [1.165, 1.54) is 6.42 Å². The Morgan fingerprint density at radius 1 is 0.947 bits per heavy atom. The summed E-state index contributed by atoms with van der Waals surface area (Å²) >= 11 is 0. The van der Waals surface area contributed by atoms with Gasteiger partial charge >= 0.3 is 0 Å². The molecule has 2 fully saturated rings. The SMILES string of the molecule is Cc1ccc(NC(=O)C[C@H]2CC[C@H]3[C@@H](COc4ccc(NC(=O)C5CCCCC5)cc4C(=O)N3C)O2)cc1. The Bertz CT molecular complexity index is 1170. The fourth-order valence-electron chi connectivity index (χ4n) is 5.77. The molecule has 2 aromatic carbocycles.